The van der Waals surface area contributed by atoms with E-state index in [1.54, 1.807) is 4.90 Å². The Balaban J connectivity index is 1.54. The van der Waals surface area contributed by atoms with Crippen LogP contribution in [0.2, 0.25) is 0 Å². The number of piperidine rings is 1. The quantitative estimate of drug-likeness (QED) is 0.947. The minimum absolute atomic E-state index is 0.0781. The van der Waals surface area contributed by atoms with Crippen molar-refractivity contribution >= 4 is 6.09 Å². The van der Waals surface area contributed by atoms with Gasteiger partial charge in [0.2, 0.25) is 0 Å². The molecule has 0 saturated carbocycles. The van der Waals surface area contributed by atoms with Crippen LogP contribution in [0.1, 0.15) is 23.5 Å². The average molecular weight is 311 g/mol. The number of amides is 1. The van der Waals surface area contributed by atoms with E-state index in [0.717, 1.165) is 17.5 Å². The SMILES string of the molecule is O=C(OCc1ccccc1)N1CC[C@@H](c2ccccc2)[C@H](O)C1. The Morgan fingerprint density at radius 3 is 2.39 bits per heavy atom. The number of aliphatic hydroxyl groups is 1. The summed E-state index contributed by atoms with van der Waals surface area (Å²) in [6, 6.07) is 19.6. The highest BCUT2D eigenvalue weighted by Gasteiger charge is 2.31. The van der Waals surface area contributed by atoms with Gasteiger partial charge in [0.1, 0.15) is 6.61 Å². The minimum atomic E-state index is -0.560. The maximum absolute atomic E-state index is 12.2. The van der Waals surface area contributed by atoms with Crippen molar-refractivity contribution in [2.45, 2.75) is 25.0 Å². The Kier molecular flexibility index (Phi) is 4.93. The van der Waals surface area contributed by atoms with Gasteiger partial charge in [0.25, 0.3) is 0 Å². The van der Waals surface area contributed by atoms with Gasteiger partial charge in [-0.05, 0) is 17.5 Å². The van der Waals surface area contributed by atoms with E-state index in [9.17, 15) is 9.90 Å². The first-order valence-electron chi connectivity index (χ1n) is 7.92. The summed E-state index contributed by atoms with van der Waals surface area (Å²) in [6.07, 6.45) is -0.180. The fourth-order valence-corrected chi connectivity index (χ4v) is 3.00. The molecule has 2 aromatic carbocycles. The lowest BCUT2D eigenvalue weighted by atomic mass is 9.87. The summed E-state index contributed by atoms with van der Waals surface area (Å²) < 4.78 is 5.33. The van der Waals surface area contributed by atoms with Crippen LogP contribution in [-0.4, -0.2) is 35.3 Å². The third kappa shape index (κ3) is 3.90. The number of hydrogen-bond acceptors (Lipinski definition) is 3. The molecule has 4 heteroatoms. The zero-order valence-corrected chi connectivity index (χ0v) is 13.0. The molecule has 0 aliphatic carbocycles. The number of nitrogens with zero attached hydrogens (tertiary/aromatic N) is 1. The summed E-state index contributed by atoms with van der Waals surface area (Å²) in [4.78, 5) is 13.7. The molecule has 0 spiro atoms. The largest absolute Gasteiger partial charge is 0.445 e. The highest BCUT2D eigenvalue weighted by Crippen LogP contribution is 2.28. The van der Waals surface area contributed by atoms with Gasteiger partial charge < -0.3 is 14.7 Å². The number of β-amino-alcohol motifs (C(OH)–C–C–N with tert-alkyl or cyclic N) is 1. The van der Waals surface area contributed by atoms with E-state index in [-0.39, 0.29) is 18.6 Å². The molecule has 3 rings (SSSR count). The molecule has 0 bridgehead atoms. The van der Waals surface area contributed by atoms with Gasteiger partial charge in [-0.1, -0.05) is 60.7 Å². The lowest BCUT2D eigenvalue weighted by Gasteiger charge is -2.35. The Bertz CT molecular complexity index is 630. The van der Waals surface area contributed by atoms with Crippen LogP contribution in [-0.2, 0) is 11.3 Å². The lowest BCUT2D eigenvalue weighted by molar-refractivity contribution is 0.0344. The van der Waals surface area contributed by atoms with Crippen LogP contribution in [0.5, 0.6) is 0 Å². The van der Waals surface area contributed by atoms with Gasteiger partial charge in [-0.25, -0.2) is 4.79 Å². The first kappa shape index (κ1) is 15.6. The summed E-state index contributed by atoms with van der Waals surface area (Å²) in [6.45, 7) is 1.17. The fraction of sp³-hybridized carbons (Fsp3) is 0.316. The molecule has 2 atom stereocenters. The normalized spacial score (nSPS) is 21.0. The lowest BCUT2D eigenvalue weighted by Crippen LogP contribution is -2.45. The summed E-state index contributed by atoms with van der Waals surface area (Å²) in [5, 5.41) is 10.4. The van der Waals surface area contributed by atoms with Crippen LogP contribution in [0.25, 0.3) is 0 Å². The molecule has 0 aromatic heterocycles. The van der Waals surface area contributed by atoms with Gasteiger partial charge in [0, 0.05) is 12.5 Å². The number of aliphatic hydroxyl groups excluding tert-OH is 1. The van der Waals surface area contributed by atoms with Gasteiger partial charge in [0.15, 0.2) is 0 Å². The molecule has 1 fully saturated rings. The molecule has 1 N–H and O–H groups in total. The Labute approximate surface area is 136 Å². The number of hydrogen-bond donors (Lipinski definition) is 1. The van der Waals surface area contributed by atoms with Crippen molar-refractivity contribution in [2.24, 2.45) is 0 Å². The van der Waals surface area contributed by atoms with E-state index < -0.39 is 6.10 Å². The van der Waals surface area contributed by atoms with Crippen LogP contribution in [0, 0.1) is 0 Å². The van der Waals surface area contributed by atoms with Gasteiger partial charge in [-0.2, -0.15) is 0 Å². The third-order valence-corrected chi connectivity index (χ3v) is 4.27. The number of benzene rings is 2. The smallest absolute Gasteiger partial charge is 0.410 e. The Morgan fingerprint density at radius 2 is 1.74 bits per heavy atom. The molecule has 23 heavy (non-hydrogen) atoms. The van der Waals surface area contributed by atoms with E-state index in [1.165, 1.54) is 0 Å². The van der Waals surface area contributed by atoms with E-state index in [2.05, 4.69) is 0 Å². The van der Waals surface area contributed by atoms with Gasteiger partial charge in [0.05, 0.1) is 12.6 Å². The van der Waals surface area contributed by atoms with Crippen LogP contribution < -0.4 is 0 Å². The summed E-state index contributed by atoms with van der Waals surface area (Å²) >= 11 is 0. The molecule has 1 aliphatic heterocycles. The topological polar surface area (TPSA) is 49.8 Å². The highest BCUT2D eigenvalue weighted by molar-refractivity contribution is 5.67. The maximum atomic E-state index is 12.2. The predicted octanol–water partition coefficient (Wildman–Crippen LogP) is 3.17. The predicted molar refractivity (Wildman–Crippen MR) is 88.0 cm³/mol. The molecule has 1 aliphatic rings. The van der Waals surface area contributed by atoms with Crippen molar-refractivity contribution < 1.29 is 14.6 Å². The van der Waals surface area contributed by atoms with E-state index in [4.69, 9.17) is 4.74 Å². The van der Waals surface area contributed by atoms with Crippen molar-refractivity contribution in [3.8, 4) is 0 Å². The number of carbonyl (C=O) groups is 1. The van der Waals surface area contributed by atoms with E-state index in [1.807, 2.05) is 60.7 Å². The first-order valence-corrected chi connectivity index (χ1v) is 7.92. The zero-order valence-electron chi connectivity index (χ0n) is 13.0. The first-order chi connectivity index (χ1) is 11.2. The number of rotatable bonds is 3. The van der Waals surface area contributed by atoms with Gasteiger partial charge in [-0.3, -0.25) is 0 Å². The molecule has 120 valence electrons. The van der Waals surface area contributed by atoms with Crippen molar-refractivity contribution in [3.05, 3.63) is 71.8 Å². The monoisotopic (exact) mass is 311 g/mol. The molecular formula is C19H21NO3. The number of ether oxygens (including phenoxy) is 1. The number of likely N-dealkylation sites (tertiary alicyclic amines) is 1. The Hall–Kier alpha value is -2.33. The van der Waals surface area contributed by atoms with Crippen molar-refractivity contribution in [1.82, 2.24) is 4.90 Å². The van der Waals surface area contributed by atoms with Crippen molar-refractivity contribution in [1.29, 1.82) is 0 Å². The van der Waals surface area contributed by atoms with E-state index >= 15 is 0 Å². The third-order valence-electron chi connectivity index (χ3n) is 4.27. The zero-order chi connectivity index (χ0) is 16.1. The molecular weight excluding hydrogens is 290 g/mol. The van der Waals surface area contributed by atoms with Crippen LogP contribution in [0.3, 0.4) is 0 Å². The van der Waals surface area contributed by atoms with Crippen molar-refractivity contribution in [2.75, 3.05) is 13.1 Å². The summed E-state index contributed by atoms with van der Waals surface area (Å²) in [5.41, 5.74) is 2.08. The average Bonchev–Trinajstić information content (AvgIpc) is 2.61. The van der Waals surface area contributed by atoms with E-state index in [0.29, 0.717) is 13.1 Å². The number of carbonyl (C=O) groups excluding carboxylic acids is 1. The molecule has 0 unspecified atom stereocenters. The second-order valence-electron chi connectivity index (χ2n) is 5.86. The second-order valence-corrected chi connectivity index (χ2v) is 5.86. The molecule has 0 radical (unpaired) electrons. The standard InChI is InChI=1S/C19H21NO3/c21-18-13-20(12-11-17(18)16-9-5-2-6-10-16)19(22)23-14-15-7-3-1-4-8-15/h1-10,17-18,21H,11-14H2/t17-,18+/m0/s1. The second kappa shape index (κ2) is 7.29. The molecule has 2 aromatic rings. The molecule has 4 nitrogen and oxygen atoms in total. The van der Waals surface area contributed by atoms with Crippen LogP contribution >= 0.6 is 0 Å². The van der Waals surface area contributed by atoms with Crippen LogP contribution in [0.15, 0.2) is 60.7 Å². The summed E-state index contributed by atoms with van der Waals surface area (Å²) in [5.74, 6) is 0.0781. The maximum Gasteiger partial charge on any atom is 0.410 e. The summed E-state index contributed by atoms with van der Waals surface area (Å²) in [7, 11) is 0. The van der Waals surface area contributed by atoms with Gasteiger partial charge >= 0.3 is 6.09 Å². The molecule has 1 saturated heterocycles. The molecule has 1 amide bonds. The highest BCUT2D eigenvalue weighted by atomic mass is 16.6. The minimum Gasteiger partial charge on any atom is -0.445 e. The Morgan fingerprint density at radius 1 is 1.09 bits per heavy atom. The van der Waals surface area contributed by atoms with Gasteiger partial charge in [-0.15, -0.1) is 0 Å². The van der Waals surface area contributed by atoms with Crippen molar-refractivity contribution in [3.63, 3.8) is 0 Å². The molecule has 1 heterocycles. The fourth-order valence-electron chi connectivity index (χ4n) is 3.00. The van der Waals surface area contributed by atoms with Crippen LogP contribution in [0.4, 0.5) is 4.79 Å².